The maximum atomic E-state index is 13.6. The fourth-order valence-electron chi connectivity index (χ4n) is 1.85. The van der Waals surface area contributed by atoms with E-state index >= 15 is 0 Å². The van der Waals surface area contributed by atoms with Gasteiger partial charge in [-0.15, -0.1) is 0 Å². The van der Waals surface area contributed by atoms with Crippen LogP contribution in [0.1, 0.15) is 17.2 Å². The summed E-state index contributed by atoms with van der Waals surface area (Å²) in [7, 11) is 1.42. The first-order valence-corrected chi connectivity index (χ1v) is 5.48. The number of fused-ring (bicyclic) bond motifs is 1. The predicted octanol–water partition coefficient (Wildman–Crippen LogP) is 2.21. The highest BCUT2D eigenvalue weighted by atomic mass is 19.3. The van der Waals surface area contributed by atoms with E-state index in [-0.39, 0.29) is 12.2 Å². The summed E-state index contributed by atoms with van der Waals surface area (Å²) in [6.07, 6.45) is -1.27. The van der Waals surface area contributed by atoms with Crippen molar-refractivity contribution in [3.8, 4) is 0 Å². The van der Waals surface area contributed by atoms with Gasteiger partial charge in [-0.25, -0.2) is 4.79 Å². The topological polar surface area (TPSA) is 47.6 Å². The predicted molar refractivity (Wildman–Crippen MR) is 59.4 cm³/mol. The number of ether oxygens (including phenoxy) is 2. The molecule has 1 atom stereocenters. The SMILES string of the molecule is CNC(=O)OCC1OCC(F)(F)c2ccccc21. The van der Waals surface area contributed by atoms with Crippen LogP contribution in [0, 0.1) is 0 Å². The fraction of sp³-hybridized carbons (Fsp3) is 0.417. The number of nitrogens with one attached hydrogen (secondary N) is 1. The van der Waals surface area contributed by atoms with Crippen LogP contribution in [0.2, 0.25) is 0 Å². The van der Waals surface area contributed by atoms with E-state index in [2.05, 4.69) is 5.32 Å². The fourth-order valence-corrected chi connectivity index (χ4v) is 1.85. The minimum absolute atomic E-state index is 0.0678. The lowest BCUT2D eigenvalue weighted by Crippen LogP contribution is -2.33. The lowest BCUT2D eigenvalue weighted by molar-refractivity contribution is -0.133. The van der Waals surface area contributed by atoms with Gasteiger partial charge >= 0.3 is 6.09 Å². The third-order valence-electron chi connectivity index (χ3n) is 2.74. The molecule has 0 fully saturated rings. The van der Waals surface area contributed by atoms with Crippen molar-refractivity contribution in [3.05, 3.63) is 35.4 Å². The van der Waals surface area contributed by atoms with Crippen LogP contribution in [0.4, 0.5) is 13.6 Å². The van der Waals surface area contributed by atoms with Crippen molar-refractivity contribution in [2.45, 2.75) is 12.0 Å². The van der Waals surface area contributed by atoms with E-state index in [9.17, 15) is 13.6 Å². The Hall–Kier alpha value is -1.69. The van der Waals surface area contributed by atoms with E-state index in [1.807, 2.05) is 0 Å². The van der Waals surface area contributed by atoms with E-state index in [1.165, 1.54) is 13.1 Å². The molecule has 0 radical (unpaired) electrons. The summed E-state index contributed by atoms with van der Waals surface area (Å²) in [6, 6.07) is 6.12. The van der Waals surface area contributed by atoms with Crippen molar-refractivity contribution in [2.24, 2.45) is 0 Å². The second kappa shape index (κ2) is 4.89. The Morgan fingerprint density at radius 3 is 3.00 bits per heavy atom. The van der Waals surface area contributed by atoms with Crippen LogP contribution >= 0.6 is 0 Å². The molecule has 4 nitrogen and oxygen atoms in total. The number of amides is 1. The summed E-state index contributed by atoms with van der Waals surface area (Å²) in [5, 5.41) is 2.28. The van der Waals surface area contributed by atoms with Gasteiger partial charge in [0.15, 0.2) is 0 Å². The maximum Gasteiger partial charge on any atom is 0.406 e. The van der Waals surface area contributed by atoms with Crippen LogP contribution in [-0.2, 0) is 15.4 Å². The lowest BCUT2D eigenvalue weighted by atomic mass is 9.95. The number of carbonyl (C=O) groups is 1. The molecule has 0 aliphatic carbocycles. The van der Waals surface area contributed by atoms with Crippen LogP contribution in [0.3, 0.4) is 0 Å². The van der Waals surface area contributed by atoms with Gasteiger partial charge in [0.1, 0.15) is 19.3 Å². The molecular weight excluding hydrogens is 244 g/mol. The Morgan fingerprint density at radius 2 is 2.28 bits per heavy atom. The summed E-state index contributed by atoms with van der Waals surface area (Å²) >= 11 is 0. The normalized spacial score (nSPS) is 20.9. The van der Waals surface area contributed by atoms with Crippen molar-refractivity contribution in [2.75, 3.05) is 20.3 Å². The smallest absolute Gasteiger partial charge is 0.406 e. The molecule has 1 heterocycles. The molecule has 1 aliphatic heterocycles. The number of rotatable bonds is 2. The van der Waals surface area contributed by atoms with Gasteiger partial charge in [0.05, 0.1) is 0 Å². The second-order valence-corrected chi connectivity index (χ2v) is 3.94. The molecule has 0 bridgehead atoms. The van der Waals surface area contributed by atoms with E-state index in [0.29, 0.717) is 5.56 Å². The number of halogens is 2. The minimum Gasteiger partial charge on any atom is -0.446 e. The second-order valence-electron chi connectivity index (χ2n) is 3.94. The first kappa shape index (κ1) is 12.8. The summed E-state index contributed by atoms with van der Waals surface area (Å²) in [6.45, 7) is -0.793. The van der Waals surface area contributed by atoms with Crippen molar-refractivity contribution >= 4 is 6.09 Å². The van der Waals surface area contributed by atoms with Crippen LogP contribution in [0.5, 0.6) is 0 Å². The maximum absolute atomic E-state index is 13.6. The third kappa shape index (κ3) is 2.43. The molecule has 1 aromatic carbocycles. The van der Waals surface area contributed by atoms with Gasteiger partial charge in [0, 0.05) is 12.6 Å². The van der Waals surface area contributed by atoms with Crippen molar-refractivity contribution in [1.29, 1.82) is 0 Å². The highest BCUT2D eigenvalue weighted by Gasteiger charge is 2.41. The molecule has 2 rings (SSSR count). The Balaban J connectivity index is 2.18. The Labute approximate surface area is 103 Å². The first-order valence-electron chi connectivity index (χ1n) is 5.48. The van der Waals surface area contributed by atoms with Crippen LogP contribution < -0.4 is 5.32 Å². The summed E-state index contributed by atoms with van der Waals surface area (Å²) < 4.78 is 37.1. The summed E-state index contributed by atoms with van der Waals surface area (Å²) in [5.41, 5.74) is 0.291. The van der Waals surface area contributed by atoms with Crippen LogP contribution in [0.15, 0.2) is 24.3 Å². The molecule has 0 saturated carbocycles. The molecule has 1 amide bonds. The molecule has 1 unspecified atom stereocenters. The third-order valence-corrected chi connectivity index (χ3v) is 2.74. The largest absolute Gasteiger partial charge is 0.446 e. The molecule has 0 spiro atoms. The number of hydrogen-bond donors (Lipinski definition) is 1. The number of alkyl carbamates (subject to hydrolysis) is 1. The van der Waals surface area contributed by atoms with Gasteiger partial charge in [0.25, 0.3) is 5.92 Å². The van der Waals surface area contributed by atoms with Gasteiger partial charge < -0.3 is 14.8 Å². The molecule has 1 N–H and O–H groups in total. The van der Waals surface area contributed by atoms with E-state index in [1.54, 1.807) is 18.2 Å². The van der Waals surface area contributed by atoms with Crippen molar-refractivity contribution in [3.63, 3.8) is 0 Å². The standard InChI is InChI=1S/C12H13F2NO3/c1-15-11(16)17-6-10-8-4-2-3-5-9(8)12(13,14)7-18-10/h2-5,10H,6-7H2,1H3,(H,15,16). The summed E-state index contributed by atoms with van der Waals surface area (Å²) in [4.78, 5) is 11.0. The van der Waals surface area contributed by atoms with Gasteiger partial charge in [-0.05, 0) is 5.56 Å². The zero-order valence-electron chi connectivity index (χ0n) is 9.78. The number of alkyl halides is 2. The van der Waals surface area contributed by atoms with E-state index < -0.39 is 24.7 Å². The Bertz CT molecular complexity index is 451. The first-order chi connectivity index (χ1) is 8.54. The lowest BCUT2D eigenvalue weighted by Gasteiger charge is -2.31. The zero-order chi connectivity index (χ0) is 13.2. The molecule has 0 saturated heterocycles. The summed E-state index contributed by atoms with van der Waals surface area (Å²) in [5.74, 6) is -3.00. The highest BCUT2D eigenvalue weighted by molar-refractivity contribution is 5.66. The molecule has 98 valence electrons. The molecule has 1 aliphatic rings. The van der Waals surface area contributed by atoms with E-state index in [0.717, 1.165) is 0 Å². The monoisotopic (exact) mass is 257 g/mol. The van der Waals surface area contributed by atoms with Crippen LogP contribution in [-0.4, -0.2) is 26.4 Å². The minimum atomic E-state index is -3.00. The number of hydrogen-bond acceptors (Lipinski definition) is 3. The van der Waals surface area contributed by atoms with Gasteiger partial charge in [-0.2, -0.15) is 8.78 Å². The molecular formula is C12H13F2NO3. The molecule has 18 heavy (non-hydrogen) atoms. The quantitative estimate of drug-likeness (QED) is 0.883. The van der Waals surface area contributed by atoms with Gasteiger partial charge in [0.2, 0.25) is 0 Å². The molecule has 0 aromatic heterocycles. The van der Waals surface area contributed by atoms with Gasteiger partial charge in [-0.1, -0.05) is 24.3 Å². The number of carbonyl (C=O) groups excluding carboxylic acids is 1. The Morgan fingerprint density at radius 1 is 1.56 bits per heavy atom. The molecule has 6 heteroatoms. The van der Waals surface area contributed by atoms with Crippen LogP contribution in [0.25, 0.3) is 0 Å². The average Bonchev–Trinajstić information content (AvgIpc) is 2.38. The van der Waals surface area contributed by atoms with Gasteiger partial charge in [-0.3, -0.25) is 0 Å². The van der Waals surface area contributed by atoms with Crippen molar-refractivity contribution in [1.82, 2.24) is 5.32 Å². The van der Waals surface area contributed by atoms with E-state index in [4.69, 9.17) is 9.47 Å². The highest BCUT2D eigenvalue weighted by Crippen LogP contribution is 2.40. The average molecular weight is 257 g/mol. The van der Waals surface area contributed by atoms with Crippen molar-refractivity contribution < 1.29 is 23.0 Å². The molecule has 1 aromatic rings. The Kier molecular flexibility index (Phi) is 3.47. The zero-order valence-corrected chi connectivity index (χ0v) is 9.78. The number of benzene rings is 1.